The summed E-state index contributed by atoms with van der Waals surface area (Å²) in [6.07, 6.45) is 7.83. The molecule has 2 atom stereocenters. The zero-order chi connectivity index (χ0) is 26.4. The van der Waals surface area contributed by atoms with Gasteiger partial charge in [-0.25, -0.2) is 14.8 Å². The molecule has 0 spiro atoms. The number of carbonyl (C=O) groups is 2. The Morgan fingerprint density at radius 1 is 1.08 bits per heavy atom. The number of aryl methyl sites for hydroxylation is 1. The van der Waals surface area contributed by atoms with E-state index < -0.39 is 6.09 Å². The first-order valence-electron chi connectivity index (χ1n) is 13.4. The molecule has 11 heteroatoms. The molecule has 3 fully saturated rings. The van der Waals surface area contributed by atoms with Crippen molar-refractivity contribution < 1.29 is 14.3 Å². The van der Waals surface area contributed by atoms with E-state index in [0.29, 0.717) is 46.6 Å². The van der Waals surface area contributed by atoms with Crippen molar-refractivity contribution in [1.82, 2.24) is 34.6 Å². The number of hydrogen-bond donors (Lipinski definition) is 2. The van der Waals surface area contributed by atoms with Gasteiger partial charge in [-0.3, -0.25) is 9.36 Å². The lowest BCUT2D eigenvalue weighted by Crippen LogP contribution is -2.53. The van der Waals surface area contributed by atoms with E-state index in [1.807, 2.05) is 28.5 Å². The number of nitrogens with one attached hydrogen (secondary N) is 2. The summed E-state index contributed by atoms with van der Waals surface area (Å²) in [5.74, 6) is 1.48. The molecule has 2 N–H and O–H groups in total. The van der Waals surface area contributed by atoms with Gasteiger partial charge in [-0.2, -0.15) is 4.98 Å². The van der Waals surface area contributed by atoms with Crippen molar-refractivity contribution in [3.8, 4) is 5.88 Å². The summed E-state index contributed by atoms with van der Waals surface area (Å²) < 4.78 is 7.72. The van der Waals surface area contributed by atoms with Gasteiger partial charge in [0.1, 0.15) is 11.5 Å². The molecule has 2 aliphatic heterocycles. The summed E-state index contributed by atoms with van der Waals surface area (Å²) in [5.41, 5.74) is 2.00. The van der Waals surface area contributed by atoms with Gasteiger partial charge < -0.3 is 25.2 Å². The number of anilines is 2. The van der Waals surface area contributed by atoms with Gasteiger partial charge in [0.25, 0.3) is 5.91 Å². The lowest BCUT2D eigenvalue weighted by Gasteiger charge is -2.33. The Morgan fingerprint density at radius 3 is 2.50 bits per heavy atom. The van der Waals surface area contributed by atoms with Gasteiger partial charge in [0, 0.05) is 63.0 Å². The molecule has 38 heavy (non-hydrogen) atoms. The molecule has 3 aromatic heterocycles. The van der Waals surface area contributed by atoms with Crippen molar-refractivity contribution in [1.29, 1.82) is 0 Å². The minimum absolute atomic E-state index is 0.0341. The fraction of sp³-hybridized carbons (Fsp3) is 0.519. The first-order valence-corrected chi connectivity index (χ1v) is 13.4. The van der Waals surface area contributed by atoms with Crippen molar-refractivity contribution >= 4 is 34.8 Å². The van der Waals surface area contributed by atoms with Crippen molar-refractivity contribution in [2.75, 3.05) is 32.5 Å². The fourth-order valence-corrected chi connectivity index (χ4v) is 5.92. The summed E-state index contributed by atoms with van der Waals surface area (Å²) in [6.45, 7) is 3.35. The molecule has 0 radical (unpaired) electrons. The zero-order valence-electron chi connectivity index (χ0n) is 22.1. The van der Waals surface area contributed by atoms with E-state index in [1.54, 1.807) is 26.4 Å². The van der Waals surface area contributed by atoms with E-state index in [9.17, 15) is 9.59 Å². The van der Waals surface area contributed by atoms with Crippen LogP contribution in [0.5, 0.6) is 5.88 Å². The first kappa shape index (κ1) is 24.6. The molecule has 0 aromatic carbocycles. The number of rotatable bonds is 5. The van der Waals surface area contributed by atoms with E-state index in [0.717, 1.165) is 57.0 Å². The number of likely N-dealkylation sites (tertiary alicyclic amines) is 1. The molecular weight excluding hydrogens is 484 g/mol. The highest BCUT2D eigenvalue weighted by Gasteiger charge is 2.35. The van der Waals surface area contributed by atoms with Gasteiger partial charge in [-0.1, -0.05) is 12.8 Å². The summed E-state index contributed by atoms with van der Waals surface area (Å²) in [5, 5.41) is 7.57. The van der Waals surface area contributed by atoms with Crippen LogP contribution in [0.25, 0.3) is 11.0 Å². The Bertz CT molecular complexity index is 1370. The third kappa shape index (κ3) is 4.66. The molecule has 3 aliphatic rings. The Kier molecular flexibility index (Phi) is 6.38. The average Bonchev–Trinajstić information content (AvgIpc) is 3.62. The Morgan fingerprint density at radius 2 is 1.82 bits per heavy atom. The SMILES string of the molecule is Cc1nc(Nc2ncc3cc(OC(=O)N(C)C)n(C4CCCC4)c3n2)ccc1C(=O)N1CC2CCC(C1)N2. The predicted octanol–water partition coefficient (Wildman–Crippen LogP) is 3.63. The number of nitrogens with zero attached hydrogens (tertiary/aromatic N) is 6. The van der Waals surface area contributed by atoms with Gasteiger partial charge in [0.2, 0.25) is 11.8 Å². The zero-order valence-corrected chi connectivity index (χ0v) is 22.1. The topological polar surface area (TPSA) is 118 Å². The minimum Gasteiger partial charge on any atom is -0.393 e. The van der Waals surface area contributed by atoms with Gasteiger partial charge in [-0.05, 0) is 44.7 Å². The molecule has 11 nitrogen and oxygen atoms in total. The maximum absolute atomic E-state index is 13.2. The number of pyridine rings is 1. The Balaban J connectivity index is 1.24. The van der Waals surface area contributed by atoms with Gasteiger partial charge in [0.05, 0.1) is 11.3 Å². The molecule has 2 unspecified atom stereocenters. The molecule has 3 aromatic rings. The second-order valence-electron chi connectivity index (χ2n) is 10.8. The summed E-state index contributed by atoms with van der Waals surface area (Å²) in [4.78, 5) is 42.8. The first-order chi connectivity index (χ1) is 18.4. The number of piperazine rings is 1. The second-order valence-corrected chi connectivity index (χ2v) is 10.8. The van der Waals surface area contributed by atoms with Crippen LogP contribution in [0.15, 0.2) is 24.4 Å². The average molecular weight is 519 g/mol. The van der Waals surface area contributed by atoms with E-state index in [4.69, 9.17) is 9.72 Å². The standard InChI is InChI=1S/C27H34N8O3/c1-16-21(25(36)34-14-18-8-9-19(15-34)30-18)10-11-22(29-16)31-26-28-13-17-12-23(38-27(37)33(2)3)35(24(17)32-26)20-6-4-5-7-20/h10-13,18-20,30H,4-9,14-15H2,1-3H3,(H,28,29,31,32). The van der Waals surface area contributed by atoms with E-state index in [1.165, 1.54) is 4.90 Å². The number of aromatic nitrogens is 4. The lowest BCUT2D eigenvalue weighted by atomic mass is 10.1. The maximum atomic E-state index is 13.2. The van der Waals surface area contributed by atoms with Crippen LogP contribution in [0.1, 0.15) is 60.6 Å². The highest BCUT2D eigenvalue weighted by Crippen LogP contribution is 2.37. The lowest BCUT2D eigenvalue weighted by molar-refractivity contribution is 0.0696. The number of amides is 2. The smallest absolute Gasteiger partial charge is 0.393 e. The van der Waals surface area contributed by atoms with Crippen LogP contribution in [-0.4, -0.2) is 80.6 Å². The fourth-order valence-electron chi connectivity index (χ4n) is 5.92. The van der Waals surface area contributed by atoms with Crippen molar-refractivity contribution in [3.05, 3.63) is 35.7 Å². The van der Waals surface area contributed by atoms with Gasteiger partial charge >= 0.3 is 6.09 Å². The summed E-state index contributed by atoms with van der Waals surface area (Å²) >= 11 is 0. The largest absolute Gasteiger partial charge is 0.415 e. The van der Waals surface area contributed by atoms with Gasteiger partial charge in [0.15, 0.2) is 0 Å². The summed E-state index contributed by atoms with van der Waals surface area (Å²) in [6, 6.07) is 6.46. The Labute approximate surface area is 221 Å². The molecular formula is C27H34N8O3. The number of hydrogen-bond acceptors (Lipinski definition) is 8. The van der Waals surface area contributed by atoms with Crippen LogP contribution >= 0.6 is 0 Å². The molecule has 2 saturated heterocycles. The number of ether oxygens (including phenoxy) is 1. The highest BCUT2D eigenvalue weighted by atomic mass is 16.6. The Hall–Kier alpha value is -3.73. The third-order valence-corrected chi connectivity index (χ3v) is 7.85. The normalized spacial score (nSPS) is 21.2. The molecule has 6 rings (SSSR count). The third-order valence-electron chi connectivity index (χ3n) is 7.85. The van der Waals surface area contributed by atoms with Crippen LogP contribution in [0.3, 0.4) is 0 Å². The monoisotopic (exact) mass is 518 g/mol. The predicted molar refractivity (Wildman–Crippen MR) is 143 cm³/mol. The van der Waals surface area contributed by atoms with Crippen LogP contribution < -0.4 is 15.4 Å². The van der Waals surface area contributed by atoms with Crippen LogP contribution in [0, 0.1) is 6.92 Å². The molecule has 1 aliphatic carbocycles. The summed E-state index contributed by atoms with van der Waals surface area (Å²) in [7, 11) is 3.32. The van der Waals surface area contributed by atoms with Crippen molar-refractivity contribution in [2.24, 2.45) is 0 Å². The molecule has 5 heterocycles. The van der Waals surface area contributed by atoms with Crippen LogP contribution in [-0.2, 0) is 0 Å². The molecule has 2 amide bonds. The van der Waals surface area contributed by atoms with E-state index in [2.05, 4.69) is 20.6 Å². The van der Waals surface area contributed by atoms with Crippen LogP contribution in [0.4, 0.5) is 16.6 Å². The minimum atomic E-state index is -0.429. The van der Waals surface area contributed by atoms with Gasteiger partial charge in [-0.15, -0.1) is 0 Å². The van der Waals surface area contributed by atoms with Crippen molar-refractivity contribution in [3.63, 3.8) is 0 Å². The molecule has 2 bridgehead atoms. The van der Waals surface area contributed by atoms with Crippen LogP contribution in [0.2, 0.25) is 0 Å². The molecule has 1 saturated carbocycles. The highest BCUT2D eigenvalue weighted by molar-refractivity contribution is 5.95. The van der Waals surface area contributed by atoms with Crippen molar-refractivity contribution in [2.45, 2.75) is 63.6 Å². The number of fused-ring (bicyclic) bond motifs is 3. The maximum Gasteiger partial charge on any atom is 0.415 e. The quantitative estimate of drug-likeness (QED) is 0.526. The molecule has 200 valence electrons. The number of carbonyl (C=O) groups excluding carboxylic acids is 2. The van der Waals surface area contributed by atoms with E-state index >= 15 is 0 Å². The van der Waals surface area contributed by atoms with E-state index in [-0.39, 0.29) is 11.9 Å². The second kappa shape index (κ2) is 9.86.